The molecule has 66 valence electrons. The van der Waals surface area contributed by atoms with Gasteiger partial charge in [0.25, 0.3) is 0 Å². The minimum absolute atomic E-state index is 0.387. The van der Waals surface area contributed by atoms with E-state index >= 15 is 0 Å². The van der Waals surface area contributed by atoms with Gasteiger partial charge in [-0.05, 0) is 18.1 Å². The molecule has 0 aliphatic rings. The van der Waals surface area contributed by atoms with E-state index in [1.807, 2.05) is 6.07 Å². The van der Waals surface area contributed by atoms with E-state index in [1.54, 1.807) is 6.07 Å². The van der Waals surface area contributed by atoms with Crippen LogP contribution >= 0.6 is 0 Å². The Bertz CT molecular complexity index is 270. The molecule has 12 heavy (non-hydrogen) atoms. The minimum Gasteiger partial charge on any atom is -0.396 e. The maximum Gasteiger partial charge on any atom is 0.163 e. The highest BCUT2D eigenvalue weighted by atomic mass is 15.3. The van der Waals surface area contributed by atoms with Crippen molar-refractivity contribution < 1.29 is 0 Å². The molecule has 0 spiro atoms. The van der Waals surface area contributed by atoms with E-state index in [0.29, 0.717) is 17.4 Å². The first-order chi connectivity index (χ1) is 5.65. The van der Waals surface area contributed by atoms with Gasteiger partial charge in [-0.1, -0.05) is 13.8 Å². The van der Waals surface area contributed by atoms with Crippen LogP contribution < -0.4 is 17.0 Å². The van der Waals surface area contributed by atoms with Gasteiger partial charge in [-0.2, -0.15) is 0 Å². The van der Waals surface area contributed by atoms with Crippen molar-refractivity contribution in [1.29, 1.82) is 0 Å². The fraction of sp³-hybridized carbons (Fsp3) is 0.375. The lowest BCUT2D eigenvalue weighted by Gasteiger charge is -2.08. The minimum atomic E-state index is 0.387. The average molecular weight is 166 g/mol. The normalized spacial score (nSPS) is 10.3. The molecule has 1 aromatic heterocycles. The molecule has 0 saturated heterocycles. The van der Waals surface area contributed by atoms with Gasteiger partial charge in [0.1, 0.15) is 0 Å². The Morgan fingerprint density at radius 2 is 2.08 bits per heavy atom. The molecule has 0 unspecified atom stereocenters. The molecule has 0 amide bonds. The molecule has 4 nitrogen and oxygen atoms in total. The molecule has 1 aromatic rings. The number of nitrogen functional groups attached to an aromatic ring is 2. The molecule has 0 fully saturated rings. The summed E-state index contributed by atoms with van der Waals surface area (Å²) < 4.78 is 0. The van der Waals surface area contributed by atoms with Crippen molar-refractivity contribution >= 4 is 11.5 Å². The van der Waals surface area contributed by atoms with Crippen LogP contribution in [0.2, 0.25) is 0 Å². The second-order valence-electron chi connectivity index (χ2n) is 2.97. The summed E-state index contributed by atoms with van der Waals surface area (Å²) in [6.45, 7) is 4.14. The maximum atomic E-state index is 5.60. The smallest absolute Gasteiger partial charge is 0.163 e. The molecule has 4 heteroatoms. The number of rotatable bonds is 2. The van der Waals surface area contributed by atoms with Crippen molar-refractivity contribution in [2.45, 2.75) is 19.8 Å². The zero-order chi connectivity index (χ0) is 9.14. The highest BCUT2D eigenvalue weighted by Gasteiger charge is 2.03. The second kappa shape index (κ2) is 3.40. The van der Waals surface area contributed by atoms with Gasteiger partial charge in [0.05, 0.1) is 5.69 Å². The summed E-state index contributed by atoms with van der Waals surface area (Å²) in [6, 6.07) is 3.71. The van der Waals surface area contributed by atoms with Crippen molar-refractivity contribution in [3.05, 3.63) is 17.8 Å². The molecule has 0 saturated carbocycles. The number of anilines is 2. The number of nitrogens with zero attached hydrogens (tertiary/aromatic N) is 1. The van der Waals surface area contributed by atoms with Crippen LogP contribution in [0.15, 0.2) is 12.1 Å². The molecule has 0 bridgehead atoms. The number of hydrogen-bond donors (Lipinski definition) is 3. The van der Waals surface area contributed by atoms with Crippen molar-refractivity contribution in [3.63, 3.8) is 0 Å². The van der Waals surface area contributed by atoms with Crippen LogP contribution in [-0.2, 0) is 0 Å². The third-order valence-electron chi connectivity index (χ3n) is 1.68. The van der Waals surface area contributed by atoms with E-state index < -0.39 is 0 Å². The fourth-order valence-corrected chi connectivity index (χ4v) is 0.922. The van der Waals surface area contributed by atoms with Gasteiger partial charge in [-0.3, -0.25) is 0 Å². The van der Waals surface area contributed by atoms with Gasteiger partial charge in [-0.15, -0.1) is 0 Å². The molecule has 0 aromatic carbocycles. The van der Waals surface area contributed by atoms with Crippen molar-refractivity contribution in [2.75, 3.05) is 11.2 Å². The Kier molecular flexibility index (Phi) is 2.50. The van der Waals surface area contributed by atoms with Gasteiger partial charge >= 0.3 is 0 Å². The molecule has 1 heterocycles. The van der Waals surface area contributed by atoms with E-state index in [2.05, 4.69) is 24.3 Å². The van der Waals surface area contributed by atoms with Crippen LogP contribution in [-0.4, -0.2) is 4.98 Å². The third-order valence-corrected chi connectivity index (χ3v) is 1.68. The van der Waals surface area contributed by atoms with E-state index in [9.17, 15) is 0 Å². The molecule has 0 aliphatic heterocycles. The van der Waals surface area contributed by atoms with Crippen LogP contribution in [0.4, 0.5) is 11.5 Å². The Morgan fingerprint density at radius 1 is 1.42 bits per heavy atom. The summed E-state index contributed by atoms with van der Waals surface area (Å²) in [7, 11) is 0. The summed E-state index contributed by atoms with van der Waals surface area (Å²) >= 11 is 0. The zero-order valence-electron chi connectivity index (χ0n) is 7.33. The van der Waals surface area contributed by atoms with E-state index in [4.69, 9.17) is 11.6 Å². The van der Waals surface area contributed by atoms with Crippen LogP contribution in [0.5, 0.6) is 0 Å². The number of nitrogens with two attached hydrogens (primary N) is 2. The molecular weight excluding hydrogens is 152 g/mol. The number of hydrogen-bond acceptors (Lipinski definition) is 4. The highest BCUT2D eigenvalue weighted by Crippen LogP contribution is 2.18. The van der Waals surface area contributed by atoms with Crippen LogP contribution in [0, 0.1) is 0 Å². The lowest BCUT2D eigenvalue weighted by molar-refractivity contribution is 0.824. The Labute approximate surface area is 71.9 Å². The van der Waals surface area contributed by atoms with Gasteiger partial charge in [-0.25, -0.2) is 10.8 Å². The lowest BCUT2D eigenvalue weighted by Crippen LogP contribution is -2.12. The molecular formula is C8H14N4. The van der Waals surface area contributed by atoms with Gasteiger partial charge in [0.2, 0.25) is 0 Å². The fourth-order valence-electron chi connectivity index (χ4n) is 0.922. The first kappa shape index (κ1) is 8.80. The Balaban J connectivity index is 3.05. The predicted octanol–water partition coefficient (Wildman–Crippen LogP) is 1.07. The number of hydrazine groups is 1. The predicted molar refractivity (Wildman–Crippen MR) is 50.5 cm³/mol. The topological polar surface area (TPSA) is 77.0 Å². The summed E-state index contributed by atoms with van der Waals surface area (Å²) in [4.78, 5) is 4.23. The zero-order valence-corrected chi connectivity index (χ0v) is 7.33. The summed E-state index contributed by atoms with van der Waals surface area (Å²) in [5.41, 5.74) is 9.60. The quantitative estimate of drug-likeness (QED) is 0.453. The standard InChI is InChI=1S/C8H14N4/c1-5(2)7-4-3-6(9)8(11-7)12-10/h3-5H,9-10H2,1-2H3,(H,11,12). The largest absolute Gasteiger partial charge is 0.396 e. The molecule has 1 rings (SSSR count). The van der Waals surface area contributed by atoms with Gasteiger partial charge in [0, 0.05) is 5.69 Å². The Hall–Kier alpha value is -1.29. The monoisotopic (exact) mass is 166 g/mol. The molecule has 0 aliphatic carbocycles. The summed E-state index contributed by atoms with van der Waals surface area (Å²) in [6.07, 6.45) is 0. The van der Waals surface area contributed by atoms with Crippen LogP contribution in [0.1, 0.15) is 25.5 Å². The highest BCUT2D eigenvalue weighted by molar-refractivity contribution is 5.60. The molecule has 0 atom stereocenters. The Morgan fingerprint density at radius 3 is 2.58 bits per heavy atom. The number of nitrogens with one attached hydrogen (secondary N) is 1. The first-order valence-electron chi connectivity index (χ1n) is 3.88. The maximum absolute atomic E-state index is 5.60. The first-order valence-corrected chi connectivity index (χ1v) is 3.88. The van der Waals surface area contributed by atoms with E-state index in [1.165, 1.54) is 0 Å². The second-order valence-corrected chi connectivity index (χ2v) is 2.97. The van der Waals surface area contributed by atoms with Gasteiger partial charge < -0.3 is 11.2 Å². The summed E-state index contributed by atoms with van der Waals surface area (Å²) in [5, 5.41) is 0. The number of pyridine rings is 1. The van der Waals surface area contributed by atoms with E-state index in [-0.39, 0.29) is 0 Å². The van der Waals surface area contributed by atoms with Crippen LogP contribution in [0.3, 0.4) is 0 Å². The van der Waals surface area contributed by atoms with Crippen molar-refractivity contribution in [1.82, 2.24) is 4.98 Å². The van der Waals surface area contributed by atoms with E-state index in [0.717, 1.165) is 5.69 Å². The number of aromatic nitrogens is 1. The summed E-state index contributed by atoms with van der Waals surface area (Å²) in [5.74, 6) is 6.16. The van der Waals surface area contributed by atoms with Crippen LogP contribution in [0.25, 0.3) is 0 Å². The van der Waals surface area contributed by atoms with Gasteiger partial charge in [0.15, 0.2) is 5.82 Å². The molecule has 0 radical (unpaired) electrons. The SMILES string of the molecule is CC(C)c1ccc(N)c(NN)n1. The van der Waals surface area contributed by atoms with Crippen molar-refractivity contribution in [2.24, 2.45) is 5.84 Å². The average Bonchev–Trinajstić information content (AvgIpc) is 2.05. The van der Waals surface area contributed by atoms with Crippen molar-refractivity contribution in [3.8, 4) is 0 Å². The third kappa shape index (κ3) is 1.65. The lowest BCUT2D eigenvalue weighted by atomic mass is 10.1. The molecule has 5 N–H and O–H groups in total.